The summed E-state index contributed by atoms with van der Waals surface area (Å²) in [5, 5.41) is 0.552. The van der Waals surface area contributed by atoms with Crippen LogP contribution < -0.4 is 11.2 Å². The van der Waals surface area contributed by atoms with Crippen LogP contribution in [0.5, 0.6) is 0 Å². The molecule has 2 aromatic carbocycles. The van der Waals surface area contributed by atoms with Crippen molar-refractivity contribution in [3.63, 3.8) is 0 Å². The van der Waals surface area contributed by atoms with Crippen LogP contribution in [0.1, 0.15) is 28.5 Å². The summed E-state index contributed by atoms with van der Waals surface area (Å²) in [6.07, 6.45) is 0.574. The van der Waals surface area contributed by atoms with E-state index in [-0.39, 0.29) is 30.4 Å². The van der Waals surface area contributed by atoms with Gasteiger partial charge in [0.1, 0.15) is 10.6 Å². The summed E-state index contributed by atoms with van der Waals surface area (Å²) in [7, 11) is 0. The van der Waals surface area contributed by atoms with Gasteiger partial charge in [-0.05, 0) is 35.2 Å². The van der Waals surface area contributed by atoms with Crippen molar-refractivity contribution in [3.05, 3.63) is 103 Å². The van der Waals surface area contributed by atoms with Crippen LogP contribution >= 0.6 is 11.3 Å². The van der Waals surface area contributed by atoms with Gasteiger partial charge in [0.2, 0.25) is 5.91 Å². The second-order valence-electron chi connectivity index (χ2n) is 8.25. The number of nitrogens with zero attached hydrogens (tertiary/aromatic N) is 3. The summed E-state index contributed by atoms with van der Waals surface area (Å²) in [6, 6.07) is 15.4. The Morgan fingerprint density at radius 2 is 1.64 bits per heavy atom. The third kappa shape index (κ3) is 3.91. The van der Waals surface area contributed by atoms with Gasteiger partial charge in [-0.15, -0.1) is 11.3 Å². The van der Waals surface area contributed by atoms with Gasteiger partial charge in [-0.1, -0.05) is 42.5 Å². The van der Waals surface area contributed by atoms with Gasteiger partial charge < -0.3 is 4.90 Å². The zero-order chi connectivity index (χ0) is 23.1. The van der Waals surface area contributed by atoms with Crippen LogP contribution in [0, 0.1) is 5.82 Å². The predicted molar refractivity (Wildman–Crippen MR) is 126 cm³/mol. The molecule has 33 heavy (non-hydrogen) atoms. The average Bonchev–Trinajstić information content (AvgIpc) is 3.20. The molecule has 4 aromatic rings. The molecule has 0 spiro atoms. The highest BCUT2D eigenvalue weighted by Crippen LogP contribution is 2.33. The largest absolute Gasteiger partial charge is 0.337 e. The van der Waals surface area contributed by atoms with E-state index in [1.165, 1.54) is 35.0 Å². The molecule has 168 valence electrons. The first-order valence-corrected chi connectivity index (χ1v) is 11.6. The van der Waals surface area contributed by atoms with Crippen LogP contribution in [-0.2, 0) is 30.8 Å². The van der Waals surface area contributed by atoms with Crippen LogP contribution in [0.15, 0.2) is 64.2 Å². The highest BCUT2D eigenvalue weighted by atomic mass is 32.1. The van der Waals surface area contributed by atoms with E-state index in [0.29, 0.717) is 29.7 Å². The van der Waals surface area contributed by atoms with Crippen molar-refractivity contribution >= 4 is 27.5 Å². The quantitative estimate of drug-likeness (QED) is 0.466. The van der Waals surface area contributed by atoms with Gasteiger partial charge in [0.05, 0.1) is 25.0 Å². The Bertz CT molecular complexity index is 1470. The highest BCUT2D eigenvalue weighted by Gasteiger charge is 2.27. The summed E-state index contributed by atoms with van der Waals surface area (Å²) in [5.74, 6) is -0.357. The molecular formula is C25H22FN3O3S. The number of hydrogen-bond acceptors (Lipinski definition) is 4. The van der Waals surface area contributed by atoms with Crippen LogP contribution in [0.25, 0.3) is 10.2 Å². The number of halogens is 1. The van der Waals surface area contributed by atoms with E-state index in [1.807, 2.05) is 30.3 Å². The molecule has 0 saturated carbocycles. The van der Waals surface area contributed by atoms with Crippen LogP contribution in [0.3, 0.4) is 0 Å². The molecule has 8 heteroatoms. The van der Waals surface area contributed by atoms with E-state index in [1.54, 1.807) is 21.6 Å². The number of hydrogen-bond donors (Lipinski definition) is 0. The number of benzene rings is 2. The number of amides is 1. The molecule has 5 rings (SSSR count). The minimum Gasteiger partial charge on any atom is -0.337 e. The first-order valence-electron chi connectivity index (χ1n) is 10.7. The van der Waals surface area contributed by atoms with Crippen molar-refractivity contribution in [1.29, 1.82) is 0 Å². The zero-order valence-electron chi connectivity index (χ0n) is 18.1. The fraction of sp³-hybridized carbons (Fsp3) is 0.240. The number of carbonyl (C=O) groups excluding carboxylic acids is 1. The molecule has 0 unspecified atom stereocenters. The molecule has 0 radical (unpaired) electrons. The van der Waals surface area contributed by atoms with Gasteiger partial charge >= 0.3 is 5.69 Å². The van der Waals surface area contributed by atoms with E-state index >= 15 is 0 Å². The lowest BCUT2D eigenvalue weighted by atomic mass is 10.1. The van der Waals surface area contributed by atoms with E-state index in [9.17, 15) is 18.8 Å². The first-order chi connectivity index (χ1) is 15.9. The molecule has 0 saturated heterocycles. The Balaban J connectivity index is 1.72. The highest BCUT2D eigenvalue weighted by molar-refractivity contribution is 7.18. The molecule has 0 N–H and O–H groups in total. The minimum atomic E-state index is -0.400. The van der Waals surface area contributed by atoms with Crippen LogP contribution in [0.2, 0.25) is 0 Å². The minimum absolute atomic E-state index is 0.0108. The Kier molecular flexibility index (Phi) is 5.46. The Labute approximate surface area is 193 Å². The Morgan fingerprint density at radius 3 is 2.33 bits per heavy atom. The van der Waals surface area contributed by atoms with Crippen molar-refractivity contribution in [2.24, 2.45) is 0 Å². The average molecular weight is 464 g/mol. The van der Waals surface area contributed by atoms with Gasteiger partial charge in [0.15, 0.2) is 0 Å². The number of aromatic nitrogens is 2. The van der Waals surface area contributed by atoms with Crippen molar-refractivity contribution in [2.45, 2.75) is 33.0 Å². The molecular weight excluding hydrogens is 441 g/mol. The van der Waals surface area contributed by atoms with Gasteiger partial charge in [0, 0.05) is 18.3 Å². The van der Waals surface area contributed by atoms with E-state index in [2.05, 4.69) is 0 Å². The maximum atomic E-state index is 13.6. The van der Waals surface area contributed by atoms with E-state index < -0.39 is 5.69 Å². The standard InChI is InChI=1S/C25H22FN3O3S/c1-16(30)27-12-11-20-21(15-27)33-24-22(20)23(31)28(13-17-5-3-2-4-6-17)25(32)29(24)14-18-7-9-19(26)10-8-18/h2-10H,11-15H2,1H3. The normalized spacial score (nSPS) is 13.3. The molecule has 6 nitrogen and oxygen atoms in total. The van der Waals surface area contributed by atoms with Crippen LogP contribution in [-0.4, -0.2) is 26.5 Å². The number of carbonyl (C=O) groups is 1. The fourth-order valence-corrected chi connectivity index (χ4v) is 5.69. The maximum Gasteiger partial charge on any atom is 0.332 e. The lowest BCUT2D eigenvalue weighted by Crippen LogP contribution is -2.40. The zero-order valence-corrected chi connectivity index (χ0v) is 18.9. The molecule has 0 bridgehead atoms. The first kappa shape index (κ1) is 21.3. The summed E-state index contributed by atoms with van der Waals surface area (Å²) >= 11 is 1.39. The molecule has 2 aromatic heterocycles. The summed E-state index contributed by atoms with van der Waals surface area (Å²) in [6.45, 7) is 2.91. The number of thiophene rings is 1. The third-order valence-electron chi connectivity index (χ3n) is 6.09. The summed E-state index contributed by atoms with van der Waals surface area (Å²) in [5.41, 5.74) is 1.84. The molecule has 1 amide bonds. The second kappa shape index (κ2) is 8.44. The number of rotatable bonds is 4. The maximum absolute atomic E-state index is 13.6. The second-order valence-corrected chi connectivity index (χ2v) is 9.33. The summed E-state index contributed by atoms with van der Waals surface area (Å²) < 4.78 is 16.3. The lowest BCUT2D eigenvalue weighted by molar-refractivity contribution is -0.129. The van der Waals surface area contributed by atoms with Crippen molar-refractivity contribution in [1.82, 2.24) is 14.0 Å². The van der Waals surface area contributed by atoms with Gasteiger partial charge in [-0.3, -0.25) is 18.7 Å². The predicted octanol–water partition coefficient (Wildman–Crippen LogP) is 3.37. The molecule has 0 aliphatic carbocycles. The number of fused-ring (bicyclic) bond motifs is 3. The Hall–Kier alpha value is -3.52. The van der Waals surface area contributed by atoms with E-state index in [4.69, 9.17) is 0 Å². The monoisotopic (exact) mass is 463 g/mol. The molecule has 0 fully saturated rings. The smallest absolute Gasteiger partial charge is 0.332 e. The van der Waals surface area contributed by atoms with Crippen molar-refractivity contribution < 1.29 is 9.18 Å². The molecule has 1 aliphatic heterocycles. The van der Waals surface area contributed by atoms with E-state index in [0.717, 1.165) is 21.6 Å². The van der Waals surface area contributed by atoms with Crippen molar-refractivity contribution in [3.8, 4) is 0 Å². The fourth-order valence-electron chi connectivity index (χ4n) is 4.34. The van der Waals surface area contributed by atoms with Gasteiger partial charge in [0.25, 0.3) is 5.56 Å². The molecule has 0 atom stereocenters. The topological polar surface area (TPSA) is 64.3 Å². The summed E-state index contributed by atoms with van der Waals surface area (Å²) in [4.78, 5) is 42.3. The van der Waals surface area contributed by atoms with Gasteiger partial charge in [-0.2, -0.15) is 0 Å². The van der Waals surface area contributed by atoms with Crippen LogP contribution in [0.4, 0.5) is 4.39 Å². The molecule has 1 aliphatic rings. The SMILES string of the molecule is CC(=O)N1CCc2c(sc3c2c(=O)n(Cc2ccccc2)c(=O)n3Cc2ccc(F)cc2)C1. The third-order valence-corrected chi connectivity index (χ3v) is 7.33. The lowest BCUT2D eigenvalue weighted by Gasteiger charge is -2.25. The Morgan fingerprint density at radius 1 is 0.970 bits per heavy atom. The van der Waals surface area contributed by atoms with Crippen molar-refractivity contribution in [2.75, 3.05) is 6.54 Å². The molecule has 3 heterocycles. The van der Waals surface area contributed by atoms with Gasteiger partial charge in [-0.25, -0.2) is 9.18 Å².